The Hall–Kier alpha value is -0.610. The normalized spacial score (nSPS) is 17.7. The molecule has 1 amide bonds. The molecule has 1 heterocycles. The fourth-order valence-electron chi connectivity index (χ4n) is 1.78. The van der Waals surface area contributed by atoms with E-state index < -0.39 is 0 Å². The van der Waals surface area contributed by atoms with Crippen molar-refractivity contribution in [1.29, 1.82) is 0 Å². The van der Waals surface area contributed by atoms with Gasteiger partial charge in [-0.2, -0.15) is 0 Å². The van der Waals surface area contributed by atoms with Crippen LogP contribution in [0, 0.1) is 5.41 Å². The van der Waals surface area contributed by atoms with Crippen LogP contribution in [0.3, 0.4) is 0 Å². The summed E-state index contributed by atoms with van der Waals surface area (Å²) in [6, 6.07) is 0. The Balaban J connectivity index is 2.22. The van der Waals surface area contributed by atoms with Crippen molar-refractivity contribution in [3.63, 3.8) is 0 Å². The van der Waals surface area contributed by atoms with Crippen LogP contribution in [0.25, 0.3) is 0 Å². The van der Waals surface area contributed by atoms with Gasteiger partial charge in [-0.05, 0) is 24.8 Å². The summed E-state index contributed by atoms with van der Waals surface area (Å²) in [4.78, 5) is 13.3. The molecule has 1 rings (SSSR count). The second kappa shape index (κ2) is 4.94. The van der Waals surface area contributed by atoms with Gasteiger partial charge in [0.15, 0.2) is 0 Å². The van der Waals surface area contributed by atoms with Gasteiger partial charge in [-0.1, -0.05) is 13.8 Å². The molecule has 0 aromatic heterocycles. The maximum atomic E-state index is 11.6. The molecule has 4 nitrogen and oxygen atoms in total. The number of nitrogens with two attached hydrogens (primary N) is 1. The number of nitrogens with zero attached hydrogens (tertiary/aromatic N) is 1. The molecule has 0 aliphatic carbocycles. The molecule has 0 atom stereocenters. The number of carbonyl (C=O) groups excluding carboxylic acids is 1. The quantitative estimate of drug-likeness (QED) is 0.693. The number of amides is 1. The molecule has 3 N–H and O–H groups in total. The highest BCUT2D eigenvalue weighted by molar-refractivity contribution is 5.77. The third-order valence-corrected chi connectivity index (χ3v) is 3.05. The maximum Gasteiger partial charge on any atom is 0.222 e. The lowest BCUT2D eigenvalue weighted by Crippen LogP contribution is -2.53. The smallest absolute Gasteiger partial charge is 0.222 e. The van der Waals surface area contributed by atoms with Crippen molar-refractivity contribution in [2.45, 2.75) is 39.2 Å². The number of carbonyl (C=O) groups is 1. The summed E-state index contributed by atoms with van der Waals surface area (Å²) in [6.07, 6.45) is 2.09. The molecule has 1 aliphatic rings. The number of likely N-dealkylation sites (tertiary alicyclic amines) is 1. The molecule has 0 aromatic carbocycles. The van der Waals surface area contributed by atoms with Gasteiger partial charge >= 0.3 is 0 Å². The lowest BCUT2D eigenvalue weighted by atomic mass is 9.84. The van der Waals surface area contributed by atoms with Gasteiger partial charge in [0.25, 0.3) is 0 Å². The van der Waals surface area contributed by atoms with Gasteiger partial charge in [0, 0.05) is 19.5 Å². The topological polar surface area (TPSA) is 66.6 Å². The third kappa shape index (κ3) is 3.80. The van der Waals surface area contributed by atoms with E-state index in [0.29, 0.717) is 26.1 Å². The molecule has 0 saturated carbocycles. The van der Waals surface area contributed by atoms with E-state index in [1.165, 1.54) is 0 Å². The first-order valence-electron chi connectivity index (χ1n) is 5.60. The zero-order chi connectivity index (χ0) is 11.5. The summed E-state index contributed by atoms with van der Waals surface area (Å²) in [6.45, 7) is 5.96. The van der Waals surface area contributed by atoms with Crippen LogP contribution in [0.4, 0.5) is 0 Å². The number of hydrogen-bond acceptors (Lipinski definition) is 3. The fraction of sp³-hybridized carbons (Fsp3) is 0.909. The van der Waals surface area contributed by atoms with Crippen molar-refractivity contribution in [2.75, 3.05) is 19.6 Å². The lowest BCUT2D eigenvalue weighted by molar-refractivity contribution is -0.141. The third-order valence-electron chi connectivity index (χ3n) is 3.05. The van der Waals surface area contributed by atoms with E-state index in [-0.39, 0.29) is 17.4 Å². The molecule has 0 aromatic rings. The van der Waals surface area contributed by atoms with Crippen molar-refractivity contribution in [3.8, 4) is 0 Å². The Bertz CT molecular complexity index is 223. The van der Waals surface area contributed by atoms with Crippen molar-refractivity contribution in [2.24, 2.45) is 11.1 Å². The predicted octanol–water partition coefficient (Wildman–Crippen LogP) is 0.345. The fourth-order valence-corrected chi connectivity index (χ4v) is 1.78. The maximum absolute atomic E-state index is 11.6. The van der Waals surface area contributed by atoms with Crippen LogP contribution in [-0.4, -0.2) is 41.7 Å². The predicted molar refractivity (Wildman–Crippen MR) is 59.3 cm³/mol. The molecule has 4 heteroatoms. The van der Waals surface area contributed by atoms with Crippen LogP contribution < -0.4 is 5.73 Å². The van der Waals surface area contributed by atoms with Crippen LogP contribution in [-0.2, 0) is 4.79 Å². The highest BCUT2D eigenvalue weighted by Crippen LogP contribution is 2.26. The Morgan fingerprint density at radius 2 is 2.07 bits per heavy atom. The Labute approximate surface area is 91.4 Å². The van der Waals surface area contributed by atoms with Gasteiger partial charge in [0.05, 0.1) is 6.10 Å². The summed E-state index contributed by atoms with van der Waals surface area (Å²) in [7, 11) is 0. The van der Waals surface area contributed by atoms with Gasteiger partial charge in [0.2, 0.25) is 5.91 Å². The first kappa shape index (κ1) is 12.5. The molecule has 1 fully saturated rings. The number of aliphatic hydroxyl groups is 1. The molecule has 0 bridgehead atoms. The highest BCUT2D eigenvalue weighted by atomic mass is 16.3. The van der Waals surface area contributed by atoms with Gasteiger partial charge < -0.3 is 15.7 Å². The number of rotatable bonds is 5. The summed E-state index contributed by atoms with van der Waals surface area (Å²) >= 11 is 0. The minimum atomic E-state index is -0.300. The van der Waals surface area contributed by atoms with Gasteiger partial charge in [-0.15, -0.1) is 0 Å². The van der Waals surface area contributed by atoms with E-state index in [1.807, 2.05) is 0 Å². The molecular formula is C11H22N2O2. The molecule has 0 spiro atoms. The van der Waals surface area contributed by atoms with Crippen LogP contribution in [0.2, 0.25) is 0 Å². The SMILES string of the molecule is CC(C)(CCN)CCC(=O)N1CC(O)C1. The Kier molecular flexibility index (Phi) is 4.11. The average molecular weight is 214 g/mol. The number of hydrogen-bond donors (Lipinski definition) is 2. The second-order valence-corrected chi connectivity index (χ2v) is 5.16. The summed E-state index contributed by atoms with van der Waals surface area (Å²) < 4.78 is 0. The zero-order valence-corrected chi connectivity index (χ0v) is 9.70. The average Bonchev–Trinajstić information content (AvgIpc) is 2.09. The number of β-amino-alcohol motifs (C(OH)–C–C–N with tert-alkyl or cyclic N) is 1. The van der Waals surface area contributed by atoms with Crippen molar-refractivity contribution in [1.82, 2.24) is 4.90 Å². The molecule has 0 unspecified atom stereocenters. The second-order valence-electron chi connectivity index (χ2n) is 5.16. The molecule has 1 aliphatic heterocycles. The van der Waals surface area contributed by atoms with Gasteiger partial charge in [-0.25, -0.2) is 0 Å². The lowest BCUT2D eigenvalue weighted by Gasteiger charge is -2.36. The van der Waals surface area contributed by atoms with E-state index in [2.05, 4.69) is 13.8 Å². The monoisotopic (exact) mass is 214 g/mol. The highest BCUT2D eigenvalue weighted by Gasteiger charge is 2.29. The van der Waals surface area contributed by atoms with E-state index in [1.54, 1.807) is 4.90 Å². The minimum absolute atomic E-state index is 0.147. The Morgan fingerprint density at radius 3 is 2.53 bits per heavy atom. The molecule has 88 valence electrons. The van der Waals surface area contributed by atoms with Crippen molar-refractivity contribution < 1.29 is 9.90 Å². The first-order chi connectivity index (χ1) is 6.94. The van der Waals surface area contributed by atoms with Crippen LogP contribution >= 0.6 is 0 Å². The molecule has 15 heavy (non-hydrogen) atoms. The van der Waals surface area contributed by atoms with Crippen LogP contribution in [0.15, 0.2) is 0 Å². The van der Waals surface area contributed by atoms with Crippen molar-refractivity contribution >= 4 is 5.91 Å². The van der Waals surface area contributed by atoms with E-state index in [9.17, 15) is 4.79 Å². The van der Waals surface area contributed by atoms with Crippen LogP contribution in [0.1, 0.15) is 33.1 Å². The van der Waals surface area contributed by atoms with E-state index in [4.69, 9.17) is 10.8 Å². The van der Waals surface area contributed by atoms with E-state index >= 15 is 0 Å². The van der Waals surface area contributed by atoms with Gasteiger partial charge in [-0.3, -0.25) is 4.79 Å². The first-order valence-corrected chi connectivity index (χ1v) is 5.60. The summed E-state index contributed by atoms with van der Waals surface area (Å²) in [5, 5.41) is 9.07. The molecule has 0 radical (unpaired) electrons. The van der Waals surface area contributed by atoms with Crippen molar-refractivity contribution in [3.05, 3.63) is 0 Å². The number of aliphatic hydroxyl groups excluding tert-OH is 1. The summed E-state index contributed by atoms with van der Waals surface area (Å²) in [5.41, 5.74) is 5.65. The minimum Gasteiger partial charge on any atom is -0.389 e. The Morgan fingerprint density at radius 1 is 1.47 bits per heavy atom. The largest absolute Gasteiger partial charge is 0.389 e. The molecular weight excluding hydrogens is 192 g/mol. The van der Waals surface area contributed by atoms with E-state index in [0.717, 1.165) is 12.8 Å². The standard InChI is InChI=1S/C11H22N2O2/c1-11(2,5-6-12)4-3-10(15)13-7-9(14)8-13/h9,14H,3-8,12H2,1-2H3. The molecule has 1 saturated heterocycles. The summed E-state index contributed by atoms with van der Waals surface area (Å²) in [5.74, 6) is 0.158. The zero-order valence-electron chi connectivity index (χ0n) is 9.70. The van der Waals surface area contributed by atoms with Crippen LogP contribution in [0.5, 0.6) is 0 Å². The van der Waals surface area contributed by atoms with Gasteiger partial charge in [0.1, 0.15) is 0 Å².